The summed E-state index contributed by atoms with van der Waals surface area (Å²) in [6, 6.07) is 7.69. The third-order valence-electron chi connectivity index (χ3n) is 4.94. The predicted molar refractivity (Wildman–Crippen MR) is 116 cm³/mol. The van der Waals surface area contributed by atoms with Gasteiger partial charge in [0.15, 0.2) is 0 Å². The number of nitrogens with zero attached hydrogens (tertiary/aromatic N) is 1. The zero-order valence-corrected chi connectivity index (χ0v) is 18.3. The molecule has 0 heterocycles. The molecule has 1 N–H and O–H groups in total. The molecule has 2 unspecified atom stereocenters. The van der Waals surface area contributed by atoms with Gasteiger partial charge in [-0.3, -0.25) is 0 Å². The van der Waals surface area contributed by atoms with E-state index in [1.54, 1.807) is 0 Å². The van der Waals surface area contributed by atoms with Gasteiger partial charge in [0, 0.05) is 25.3 Å². The van der Waals surface area contributed by atoms with Crippen LogP contribution in [-0.2, 0) is 4.74 Å². The summed E-state index contributed by atoms with van der Waals surface area (Å²) in [4.78, 5) is 14.6. The molecule has 0 aliphatic heterocycles. The number of carbonyl (C=O) groups is 1. The van der Waals surface area contributed by atoms with Crippen molar-refractivity contribution < 1.29 is 9.53 Å². The fraction of sp³-hybridized carbons (Fsp3) is 0.696. The molecule has 2 atom stereocenters. The standard InChI is InChI=1S/C23H40N2O2/c1-7-25(8-2)22-14-12-21(13-15-22)23(26)27-20(6)17-24-16-19(5)11-9-10-18(3)4/h12-15,18-20,24H,7-11,16-17H2,1-6H3. The molecule has 0 aliphatic carbocycles. The Balaban J connectivity index is 2.33. The van der Waals surface area contributed by atoms with Crippen molar-refractivity contribution in [2.75, 3.05) is 31.1 Å². The minimum atomic E-state index is -0.250. The predicted octanol–water partition coefficient (Wildman–Crippen LogP) is 5.13. The largest absolute Gasteiger partial charge is 0.458 e. The van der Waals surface area contributed by atoms with Gasteiger partial charge in [-0.2, -0.15) is 0 Å². The van der Waals surface area contributed by atoms with E-state index in [9.17, 15) is 4.79 Å². The summed E-state index contributed by atoms with van der Waals surface area (Å²) in [5.41, 5.74) is 1.75. The van der Waals surface area contributed by atoms with Crippen LogP contribution in [-0.4, -0.2) is 38.3 Å². The summed E-state index contributed by atoms with van der Waals surface area (Å²) >= 11 is 0. The van der Waals surface area contributed by atoms with Crippen molar-refractivity contribution in [1.82, 2.24) is 5.32 Å². The number of hydrogen-bond acceptors (Lipinski definition) is 4. The minimum Gasteiger partial charge on any atom is -0.458 e. The normalized spacial score (nSPS) is 13.4. The van der Waals surface area contributed by atoms with E-state index in [1.165, 1.54) is 19.3 Å². The quantitative estimate of drug-likeness (QED) is 0.485. The molecule has 1 aromatic rings. The average Bonchev–Trinajstić information content (AvgIpc) is 2.63. The van der Waals surface area contributed by atoms with Gasteiger partial charge < -0.3 is 15.0 Å². The lowest BCUT2D eigenvalue weighted by Crippen LogP contribution is -2.31. The maximum absolute atomic E-state index is 12.3. The average molecular weight is 377 g/mol. The fourth-order valence-corrected chi connectivity index (χ4v) is 3.20. The second-order valence-corrected chi connectivity index (χ2v) is 8.02. The van der Waals surface area contributed by atoms with Crippen molar-refractivity contribution >= 4 is 11.7 Å². The molecule has 27 heavy (non-hydrogen) atoms. The van der Waals surface area contributed by atoms with E-state index in [1.807, 2.05) is 31.2 Å². The summed E-state index contributed by atoms with van der Waals surface area (Å²) in [5, 5.41) is 3.44. The number of rotatable bonds is 13. The second kappa shape index (κ2) is 12.8. The van der Waals surface area contributed by atoms with Gasteiger partial charge in [0.25, 0.3) is 0 Å². The van der Waals surface area contributed by atoms with Crippen LogP contribution in [0.3, 0.4) is 0 Å². The molecule has 1 aromatic carbocycles. The van der Waals surface area contributed by atoms with Crippen LogP contribution in [0.4, 0.5) is 5.69 Å². The number of anilines is 1. The summed E-state index contributed by atoms with van der Waals surface area (Å²) in [7, 11) is 0. The van der Waals surface area contributed by atoms with Crippen LogP contribution in [0.25, 0.3) is 0 Å². The van der Waals surface area contributed by atoms with Crippen molar-refractivity contribution in [3.8, 4) is 0 Å². The first-order valence-electron chi connectivity index (χ1n) is 10.6. The van der Waals surface area contributed by atoms with Crippen molar-refractivity contribution in [1.29, 1.82) is 0 Å². The smallest absolute Gasteiger partial charge is 0.338 e. The SMILES string of the molecule is CCN(CC)c1ccc(C(=O)OC(C)CNCC(C)CCCC(C)C)cc1. The molecule has 0 aromatic heterocycles. The molecule has 4 heteroatoms. The molecule has 0 aliphatic rings. The second-order valence-electron chi connectivity index (χ2n) is 8.02. The number of carbonyl (C=O) groups excluding carboxylic acids is 1. The maximum Gasteiger partial charge on any atom is 0.338 e. The molecule has 1 rings (SSSR count). The lowest BCUT2D eigenvalue weighted by Gasteiger charge is -2.21. The van der Waals surface area contributed by atoms with Crippen LogP contribution in [0.1, 0.15) is 71.2 Å². The van der Waals surface area contributed by atoms with E-state index < -0.39 is 0 Å². The van der Waals surface area contributed by atoms with Gasteiger partial charge in [0.2, 0.25) is 0 Å². The van der Waals surface area contributed by atoms with Crippen LogP contribution in [0, 0.1) is 11.8 Å². The molecule has 0 radical (unpaired) electrons. The number of nitrogens with one attached hydrogen (secondary N) is 1. The monoisotopic (exact) mass is 376 g/mol. The molecule has 0 amide bonds. The molecule has 0 saturated carbocycles. The number of esters is 1. The highest BCUT2D eigenvalue weighted by Crippen LogP contribution is 2.16. The molecule has 4 nitrogen and oxygen atoms in total. The lowest BCUT2D eigenvalue weighted by molar-refractivity contribution is 0.0341. The Labute approximate surface area is 166 Å². The van der Waals surface area contributed by atoms with E-state index in [-0.39, 0.29) is 12.1 Å². The van der Waals surface area contributed by atoms with Gasteiger partial charge in [0.05, 0.1) is 5.56 Å². The van der Waals surface area contributed by atoms with Crippen molar-refractivity contribution in [2.24, 2.45) is 11.8 Å². The van der Waals surface area contributed by atoms with Crippen molar-refractivity contribution in [3.05, 3.63) is 29.8 Å². The van der Waals surface area contributed by atoms with Crippen LogP contribution in [0.2, 0.25) is 0 Å². The van der Waals surface area contributed by atoms with Gasteiger partial charge in [-0.05, 0) is 69.8 Å². The van der Waals surface area contributed by atoms with Crippen molar-refractivity contribution in [3.63, 3.8) is 0 Å². The number of ether oxygens (including phenoxy) is 1. The summed E-state index contributed by atoms with van der Waals surface area (Å²) in [6.07, 6.45) is 3.70. The molecule has 154 valence electrons. The Morgan fingerprint density at radius 3 is 2.19 bits per heavy atom. The zero-order chi connectivity index (χ0) is 20.2. The van der Waals surface area contributed by atoms with E-state index in [2.05, 4.69) is 44.8 Å². The highest BCUT2D eigenvalue weighted by atomic mass is 16.5. The molecular weight excluding hydrogens is 336 g/mol. The summed E-state index contributed by atoms with van der Waals surface area (Å²) < 4.78 is 5.57. The first-order chi connectivity index (χ1) is 12.9. The number of hydrogen-bond donors (Lipinski definition) is 1. The third kappa shape index (κ3) is 9.28. The topological polar surface area (TPSA) is 41.6 Å². The lowest BCUT2D eigenvalue weighted by atomic mass is 10.00. The van der Waals surface area contributed by atoms with Gasteiger partial charge in [-0.15, -0.1) is 0 Å². The Morgan fingerprint density at radius 1 is 1.00 bits per heavy atom. The Kier molecular flexibility index (Phi) is 11.1. The molecule has 0 spiro atoms. The Morgan fingerprint density at radius 2 is 1.63 bits per heavy atom. The molecule has 0 fully saturated rings. The minimum absolute atomic E-state index is 0.136. The van der Waals surface area contributed by atoms with Crippen LogP contribution in [0.5, 0.6) is 0 Å². The third-order valence-corrected chi connectivity index (χ3v) is 4.94. The van der Waals surface area contributed by atoms with Gasteiger partial charge >= 0.3 is 5.97 Å². The van der Waals surface area contributed by atoms with Crippen LogP contribution in [0.15, 0.2) is 24.3 Å². The van der Waals surface area contributed by atoms with Gasteiger partial charge in [0.1, 0.15) is 6.10 Å². The van der Waals surface area contributed by atoms with Gasteiger partial charge in [-0.1, -0.05) is 33.6 Å². The number of benzene rings is 1. The zero-order valence-electron chi connectivity index (χ0n) is 18.3. The highest BCUT2D eigenvalue weighted by Gasteiger charge is 2.13. The highest BCUT2D eigenvalue weighted by molar-refractivity contribution is 5.90. The summed E-state index contributed by atoms with van der Waals surface area (Å²) in [6.45, 7) is 16.6. The van der Waals surface area contributed by atoms with Gasteiger partial charge in [-0.25, -0.2) is 4.79 Å². The van der Waals surface area contributed by atoms with E-state index in [4.69, 9.17) is 4.74 Å². The Bertz CT molecular complexity index is 524. The van der Waals surface area contributed by atoms with Crippen LogP contribution >= 0.6 is 0 Å². The Hall–Kier alpha value is -1.55. The molecule has 0 bridgehead atoms. The van der Waals surface area contributed by atoms with E-state index in [0.717, 1.165) is 31.2 Å². The first-order valence-corrected chi connectivity index (χ1v) is 10.6. The van der Waals surface area contributed by atoms with Crippen molar-refractivity contribution in [2.45, 2.75) is 66.9 Å². The van der Waals surface area contributed by atoms with E-state index >= 15 is 0 Å². The maximum atomic E-state index is 12.3. The van der Waals surface area contributed by atoms with Crippen LogP contribution < -0.4 is 10.2 Å². The van der Waals surface area contributed by atoms with E-state index in [0.29, 0.717) is 18.0 Å². The summed E-state index contributed by atoms with van der Waals surface area (Å²) in [5.74, 6) is 1.19. The fourth-order valence-electron chi connectivity index (χ4n) is 3.20. The first kappa shape index (κ1) is 23.5. The molecule has 0 saturated heterocycles. The molecular formula is C23H40N2O2.